The van der Waals surface area contributed by atoms with Crippen molar-refractivity contribution in [1.29, 1.82) is 0 Å². The number of nitrogens with one attached hydrogen (secondary N) is 1. The molecule has 1 saturated heterocycles. The third kappa shape index (κ3) is 7.30. The minimum atomic E-state index is -0.635. The smallest absolute Gasteiger partial charge is 0.257 e. The Morgan fingerprint density at radius 2 is 1.84 bits per heavy atom. The van der Waals surface area contributed by atoms with Gasteiger partial charge >= 0.3 is 0 Å². The molecule has 1 unspecified atom stereocenters. The maximum Gasteiger partial charge on any atom is 0.257 e. The van der Waals surface area contributed by atoms with E-state index in [2.05, 4.69) is 34.5 Å². The summed E-state index contributed by atoms with van der Waals surface area (Å²) in [5.41, 5.74) is 2.65. The van der Waals surface area contributed by atoms with Crippen molar-refractivity contribution in [2.24, 2.45) is 0 Å². The molecule has 0 aromatic heterocycles. The molecule has 2 aromatic carbocycles. The van der Waals surface area contributed by atoms with Crippen molar-refractivity contribution in [2.75, 3.05) is 39.3 Å². The molecule has 37 heavy (non-hydrogen) atoms. The number of piperidine rings is 1. The number of benzene rings is 2. The number of amides is 1. The summed E-state index contributed by atoms with van der Waals surface area (Å²) in [4.78, 5) is 17.5. The van der Waals surface area contributed by atoms with Crippen LogP contribution in [-0.4, -0.2) is 77.9 Å². The Bertz CT molecular complexity index is 1060. The predicted molar refractivity (Wildman–Crippen MR) is 149 cm³/mol. The summed E-state index contributed by atoms with van der Waals surface area (Å²) in [6.07, 6.45) is 2.47. The monoisotopic (exact) mass is 551 g/mol. The number of nitrogens with zero attached hydrogens (tertiary/aromatic N) is 2. The summed E-state index contributed by atoms with van der Waals surface area (Å²) in [5, 5.41) is 14.3. The molecule has 0 spiro atoms. The Morgan fingerprint density at radius 1 is 1.11 bits per heavy atom. The quantitative estimate of drug-likeness (QED) is 0.570. The van der Waals surface area contributed by atoms with Gasteiger partial charge in [-0.25, -0.2) is 0 Å². The standard InChI is InChI=1S/C28H37N3O4.2ClH/c1-28(2)19-31(18-22(32)17-30-14-11-20-5-3-4-6-21(20)16-30)27(33)25-8-7-24(15-26(25)35-28)34-23-9-12-29-13-10-23;;/h3-8,15,22-23,29,32H,9-14,16-19H2,1-2H3;2*1H. The average molecular weight is 553 g/mol. The zero-order valence-electron chi connectivity index (χ0n) is 21.7. The van der Waals surface area contributed by atoms with E-state index in [1.165, 1.54) is 11.1 Å². The van der Waals surface area contributed by atoms with Gasteiger partial charge in [0.25, 0.3) is 5.91 Å². The molecule has 0 radical (unpaired) electrons. The van der Waals surface area contributed by atoms with Crippen LogP contribution in [0.15, 0.2) is 42.5 Å². The molecule has 3 aliphatic rings. The number of carbonyl (C=O) groups excluding carboxylic acids is 1. The number of hydrogen-bond donors (Lipinski definition) is 2. The van der Waals surface area contributed by atoms with Crippen molar-refractivity contribution in [1.82, 2.24) is 15.1 Å². The number of aliphatic hydroxyl groups excluding tert-OH is 1. The van der Waals surface area contributed by atoms with E-state index in [1.54, 1.807) is 11.0 Å². The molecule has 2 aromatic rings. The highest BCUT2D eigenvalue weighted by Crippen LogP contribution is 2.33. The lowest BCUT2D eigenvalue weighted by atomic mass is 9.99. The van der Waals surface area contributed by atoms with Crippen LogP contribution in [-0.2, 0) is 13.0 Å². The first-order valence-electron chi connectivity index (χ1n) is 12.8. The number of carbonyl (C=O) groups is 1. The fraction of sp³-hybridized carbons (Fsp3) is 0.536. The Kier molecular flexibility index (Phi) is 10.1. The largest absolute Gasteiger partial charge is 0.490 e. The molecule has 3 heterocycles. The van der Waals surface area contributed by atoms with Gasteiger partial charge in [-0.3, -0.25) is 9.69 Å². The van der Waals surface area contributed by atoms with Crippen LogP contribution in [0.1, 0.15) is 48.2 Å². The van der Waals surface area contributed by atoms with E-state index >= 15 is 0 Å². The number of halogens is 2. The van der Waals surface area contributed by atoms with Crippen LogP contribution < -0.4 is 14.8 Å². The van der Waals surface area contributed by atoms with Crippen LogP contribution in [0, 0.1) is 0 Å². The van der Waals surface area contributed by atoms with Gasteiger partial charge in [0, 0.05) is 32.2 Å². The van der Waals surface area contributed by atoms with E-state index in [0.29, 0.717) is 24.4 Å². The molecule has 9 heteroatoms. The van der Waals surface area contributed by atoms with E-state index in [-0.39, 0.29) is 43.4 Å². The summed E-state index contributed by atoms with van der Waals surface area (Å²) in [5.74, 6) is 1.18. The minimum absolute atomic E-state index is 0. The first kappa shape index (κ1) is 29.5. The van der Waals surface area contributed by atoms with Crippen LogP contribution in [0.5, 0.6) is 11.5 Å². The molecule has 1 atom stereocenters. The molecule has 0 bridgehead atoms. The van der Waals surface area contributed by atoms with Gasteiger partial charge in [-0.2, -0.15) is 0 Å². The molecule has 0 saturated carbocycles. The van der Waals surface area contributed by atoms with Crippen molar-refractivity contribution < 1.29 is 19.4 Å². The van der Waals surface area contributed by atoms with Crippen molar-refractivity contribution in [3.63, 3.8) is 0 Å². The van der Waals surface area contributed by atoms with Crippen LogP contribution in [0.4, 0.5) is 0 Å². The molecule has 2 N–H and O–H groups in total. The van der Waals surface area contributed by atoms with Crippen LogP contribution in [0.2, 0.25) is 0 Å². The molecular formula is C28H39Cl2N3O4. The number of aliphatic hydroxyl groups is 1. The second-order valence-corrected chi connectivity index (χ2v) is 10.7. The fourth-order valence-corrected chi connectivity index (χ4v) is 5.44. The number of hydrogen-bond acceptors (Lipinski definition) is 6. The summed E-state index contributed by atoms with van der Waals surface area (Å²) in [6.45, 7) is 8.85. The van der Waals surface area contributed by atoms with Crippen molar-refractivity contribution >= 4 is 30.7 Å². The van der Waals surface area contributed by atoms with E-state index in [1.807, 2.05) is 26.0 Å². The molecule has 0 aliphatic carbocycles. The predicted octanol–water partition coefficient (Wildman–Crippen LogP) is 3.69. The zero-order chi connectivity index (χ0) is 24.4. The van der Waals surface area contributed by atoms with Gasteiger partial charge in [-0.05, 0) is 69.5 Å². The lowest BCUT2D eigenvalue weighted by Gasteiger charge is -2.33. The SMILES string of the molecule is CC1(C)CN(CC(O)CN2CCc3ccccc3C2)C(=O)c2ccc(OC3CCNCC3)cc2O1.Cl.Cl. The first-order chi connectivity index (χ1) is 16.9. The third-order valence-corrected chi connectivity index (χ3v) is 7.13. The fourth-order valence-electron chi connectivity index (χ4n) is 5.44. The van der Waals surface area contributed by atoms with Gasteiger partial charge in [-0.15, -0.1) is 24.8 Å². The Labute approximate surface area is 232 Å². The molecule has 5 rings (SSSR count). The Hall–Kier alpha value is -2.03. The third-order valence-electron chi connectivity index (χ3n) is 7.13. The number of β-amino-alcohol motifs (C(OH)–C–C–N with tert-alkyl or cyclic N) is 1. The summed E-state index contributed by atoms with van der Waals surface area (Å²) >= 11 is 0. The first-order valence-corrected chi connectivity index (χ1v) is 12.8. The van der Waals surface area contributed by atoms with E-state index in [9.17, 15) is 9.90 Å². The highest BCUT2D eigenvalue weighted by Gasteiger charge is 2.35. The van der Waals surface area contributed by atoms with Gasteiger partial charge in [0.05, 0.1) is 18.2 Å². The van der Waals surface area contributed by atoms with Gasteiger partial charge in [0.15, 0.2) is 0 Å². The average Bonchev–Trinajstić information content (AvgIpc) is 2.92. The van der Waals surface area contributed by atoms with Crippen LogP contribution in [0.25, 0.3) is 0 Å². The second kappa shape index (κ2) is 12.7. The van der Waals surface area contributed by atoms with Gasteiger partial charge in [-0.1, -0.05) is 24.3 Å². The van der Waals surface area contributed by atoms with Gasteiger partial charge < -0.3 is 24.8 Å². The summed E-state index contributed by atoms with van der Waals surface area (Å²) < 4.78 is 12.5. The number of rotatable bonds is 6. The molecule has 204 valence electrons. The Morgan fingerprint density at radius 3 is 2.59 bits per heavy atom. The maximum atomic E-state index is 13.5. The molecular weight excluding hydrogens is 513 g/mol. The summed E-state index contributed by atoms with van der Waals surface area (Å²) in [7, 11) is 0. The van der Waals surface area contributed by atoms with Crippen LogP contribution in [0.3, 0.4) is 0 Å². The van der Waals surface area contributed by atoms with E-state index in [4.69, 9.17) is 9.47 Å². The topological polar surface area (TPSA) is 74.3 Å². The van der Waals surface area contributed by atoms with E-state index < -0.39 is 11.7 Å². The highest BCUT2D eigenvalue weighted by molar-refractivity contribution is 5.97. The van der Waals surface area contributed by atoms with E-state index in [0.717, 1.165) is 51.2 Å². The van der Waals surface area contributed by atoms with Gasteiger partial charge in [0.1, 0.15) is 23.2 Å². The summed E-state index contributed by atoms with van der Waals surface area (Å²) in [6, 6.07) is 14.0. The lowest BCUT2D eigenvalue weighted by Crippen LogP contribution is -2.48. The van der Waals surface area contributed by atoms with Crippen molar-refractivity contribution in [3.8, 4) is 11.5 Å². The lowest BCUT2D eigenvalue weighted by molar-refractivity contribution is 0.0287. The highest BCUT2D eigenvalue weighted by atomic mass is 35.5. The normalized spacial score (nSPS) is 20.3. The van der Waals surface area contributed by atoms with Crippen LogP contribution >= 0.6 is 24.8 Å². The number of fused-ring (bicyclic) bond motifs is 2. The molecule has 7 nitrogen and oxygen atoms in total. The van der Waals surface area contributed by atoms with Crippen molar-refractivity contribution in [2.45, 2.75) is 57.5 Å². The Balaban J connectivity index is 0.00000190. The molecule has 1 fully saturated rings. The maximum absolute atomic E-state index is 13.5. The van der Waals surface area contributed by atoms with Crippen molar-refractivity contribution in [3.05, 3.63) is 59.2 Å². The second-order valence-electron chi connectivity index (χ2n) is 10.7. The molecule has 3 aliphatic heterocycles. The zero-order valence-corrected chi connectivity index (χ0v) is 23.3. The minimum Gasteiger partial charge on any atom is -0.490 e. The van der Waals surface area contributed by atoms with Gasteiger partial charge in [0.2, 0.25) is 0 Å². The number of ether oxygens (including phenoxy) is 2. The molecule has 1 amide bonds.